The molecule has 3 atom stereocenters. The first kappa shape index (κ1) is 22.7. The monoisotopic (exact) mass is 507 g/mol. The van der Waals surface area contributed by atoms with E-state index in [2.05, 4.69) is 34.3 Å². The molecule has 4 heterocycles. The maximum atomic E-state index is 13.5. The van der Waals surface area contributed by atoms with Crippen molar-refractivity contribution in [3.05, 3.63) is 30.1 Å². The third kappa shape index (κ3) is 5.16. The normalized spacial score (nSPS) is 29.4. The van der Waals surface area contributed by atoms with E-state index in [9.17, 15) is 13.2 Å². The second-order valence-corrected chi connectivity index (χ2v) is 10.8. The summed E-state index contributed by atoms with van der Waals surface area (Å²) in [6.45, 7) is 5.35. The van der Waals surface area contributed by atoms with E-state index < -0.39 is 18.2 Å². The number of methoxy groups -OCH3 is 1. The lowest BCUT2D eigenvalue weighted by Gasteiger charge is -2.40. The Morgan fingerprint density at radius 3 is 2.67 bits per heavy atom. The molecule has 10 heteroatoms. The van der Waals surface area contributed by atoms with Gasteiger partial charge in [0.05, 0.1) is 25.0 Å². The number of nitrogens with zero attached hydrogens (tertiary/aromatic N) is 4. The molecule has 1 N–H and O–H groups in total. The Morgan fingerprint density at radius 2 is 2.00 bits per heavy atom. The molecule has 0 amide bonds. The van der Waals surface area contributed by atoms with Gasteiger partial charge in [-0.1, -0.05) is 13.8 Å². The van der Waals surface area contributed by atoms with E-state index in [1.807, 2.05) is 4.90 Å². The molecule has 196 valence electrons. The summed E-state index contributed by atoms with van der Waals surface area (Å²) in [6, 6.07) is 2.46. The molecular formula is C26H34F3N5O2. The molecule has 7 nitrogen and oxygen atoms in total. The quantitative estimate of drug-likeness (QED) is 0.605. The highest BCUT2D eigenvalue weighted by atomic mass is 19.4. The molecule has 36 heavy (non-hydrogen) atoms. The van der Waals surface area contributed by atoms with Gasteiger partial charge in [-0.25, -0.2) is 0 Å². The highest BCUT2D eigenvalue weighted by Crippen LogP contribution is 2.42. The van der Waals surface area contributed by atoms with Crippen molar-refractivity contribution in [1.82, 2.24) is 20.1 Å². The second-order valence-electron chi connectivity index (χ2n) is 10.8. The molecular weight excluding hydrogens is 471 g/mol. The highest BCUT2D eigenvalue weighted by molar-refractivity contribution is 5.67. The number of hydrogen-bond donors (Lipinski definition) is 1. The van der Waals surface area contributed by atoms with Gasteiger partial charge in [-0.3, -0.25) is 4.98 Å². The zero-order chi connectivity index (χ0) is 27.3. The van der Waals surface area contributed by atoms with E-state index in [4.69, 9.17) is 12.2 Å². The minimum Gasteiger partial charge on any atom is -0.493 e. The summed E-state index contributed by atoms with van der Waals surface area (Å²) in [5, 5.41) is 11.6. The fraction of sp³-hybridized carbons (Fsp3) is 0.654. The van der Waals surface area contributed by atoms with Gasteiger partial charge in [0.15, 0.2) is 11.6 Å². The molecule has 3 fully saturated rings. The van der Waals surface area contributed by atoms with Crippen molar-refractivity contribution >= 4 is 5.82 Å². The van der Waals surface area contributed by atoms with Crippen LogP contribution in [0.4, 0.5) is 19.0 Å². The lowest BCUT2D eigenvalue weighted by atomic mass is 9.76. The number of hydrogen-bond acceptors (Lipinski definition) is 7. The number of alkyl halides is 3. The van der Waals surface area contributed by atoms with Crippen LogP contribution in [-0.2, 0) is 10.9 Å². The second kappa shape index (κ2) is 9.78. The Hall–Kier alpha value is -2.46. The largest absolute Gasteiger partial charge is 0.493 e. The lowest BCUT2D eigenvalue weighted by Crippen LogP contribution is -2.42. The van der Waals surface area contributed by atoms with Crippen molar-refractivity contribution in [2.75, 3.05) is 45.2 Å². The topological polar surface area (TPSA) is 72.4 Å². The third-order valence-corrected chi connectivity index (χ3v) is 7.78. The molecule has 0 spiro atoms. The van der Waals surface area contributed by atoms with Crippen molar-refractivity contribution in [1.29, 1.82) is 0 Å². The third-order valence-electron chi connectivity index (χ3n) is 7.78. The number of aromatic nitrogens is 3. The standard InChI is InChI=1S/C26H34F3N5O2/c1-25(2)15-36-7-5-18(25)14-34-12-16-8-19(9-17(16)13-34)31-24-23(35-3)10-22(32-33-24)20-11-30-6-4-21(20)26(27,28)29/h4,6,10-11,16-19H,5,7-9,12-15H2,1-3H3,(H,31,33)/i14D2. The average molecular weight is 508 g/mol. The van der Waals surface area contributed by atoms with Crippen LogP contribution in [0.1, 0.15) is 41.4 Å². The first-order valence-corrected chi connectivity index (χ1v) is 12.4. The van der Waals surface area contributed by atoms with Gasteiger partial charge in [0.1, 0.15) is 0 Å². The lowest BCUT2D eigenvalue weighted by molar-refractivity contribution is -0.137. The molecule has 2 aromatic heterocycles. The van der Waals surface area contributed by atoms with Gasteiger partial charge in [0.25, 0.3) is 0 Å². The number of ether oxygens (including phenoxy) is 2. The van der Waals surface area contributed by atoms with Gasteiger partial charge in [-0.15, -0.1) is 10.2 Å². The molecule has 5 rings (SSSR count). The fourth-order valence-electron chi connectivity index (χ4n) is 5.81. The van der Waals surface area contributed by atoms with Gasteiger partial charge >= 0.3 is 6.18 Å². The fourth-order valence-corrected chi connectivity index (χ4v) is 5.81. The number of halogens is 3. The van der Waals surface area contributed by atoms with E-state index in [1.54, 1.807) is 0 Å². The number of pyridine rings is 1. The first-order valence-electron chi connectivity index (χ1n) is 13.4. The molecule has 3 unspecified atom stereocenters. The molecule has 3 aliphatic rings. The molecule has 0 aromatic carbocycles. The number of nitrogens with one attached hydrogen (secondary N) is 1. The summed E-state index contributed by atoms with van der Waals surface area (Å²) < 4.78 is 69.5. The first-order chi connectivity index (χ1) is 17.9. The van der Waals surface area contributed by atoms with Gasteiger partial charge in [-0.05, 0) is 48.5 Å². The van der Waals surface area contributed by atoms with Crippen LogP contribution >= 0.6 is 0 Å². The van der Waals surface area contributed by atoms with Crippen LogP contribution < -0.4 is 10.1 Å². The molecule has 2 aromatic rings. The average Bonchev–Trinajstić information content (AvgIpc) is 3.43. The Labute approximate surface area is 212 Å². The summed E-state index contributed by atoms with van der Waals surface area (Å²) >= 11 is 0. The van der Waals surface area contributed by atoms with Crippen LogP contribution in [0.2, 0.25) is 0 Å². The summed E-state index contributed by atoms with van der Waals surface area (Å²) in [6.07, 6.45) is 0.0950. The van der Waals surface area contributed by atoms with E-state index in [0.717, 1.165) is 31.3 Å². The molecule has 1 saturated carbocycles. The summed E-state index contributed by atoms with van der Waals surface area (Å²) in [5.41, 5.74) is -1.18. The summed E-state index contributed by atoms with van der Waals surface area (Å²) in [7, 11) is 1.45. The zero-order valence-corrected chi connectivity index (χ0v) is 20.8. The van der Waals surface area contributed by atoms with Crippen molar-refractivity contribution in [2.45, 2.75) is 45.3 Å². The van der Waals surface area contributed by atoms with Crippen molar-refractivity contribution in [2.24, 2.45) is 23.2 Å². The van der Waals surface area contributed by atoms with Crippen molar-refractivity contribution < 1.29 is 25.4 Å². The van der Waals surface area contributed by atoms with E-state index >= 15 is 0 Å². The van der Waals surface area contributed by atoms with Crippen LogP contribution in [0.25, 0.3) is 11.3 Å². The number of fused-ring (bicyclic) bond motifs is 1. The van der Waals surface area contributed by atoms with Crippen LogP contribution in [0.15, 0.2) is 24.5 Å². The minimum atomic E-state index is -4.55. The molecule has 0 bridgehead atoms. The Morgan fingerprint density at radius 1 is 1.25 bits per heavy atom. The van der Waals surface area contributed by atoms with E-state index in [-0.39, 0.29) is 28.6 Å². The minimum absolute atomic E-state index is 0.0324. The van der Waals surface area contributed by atoms with Gasteiger partial charge in [-0.2, -0.15) is 13.2 Å². The van der Waals surface area contributed by atoms with Gasteiger partial charge in [0, 0.05) is 59.0 Å². The van der Waals surface area contributed by atoms with E-state index in [0.29, 0.717) is 56.1 Å². The smallest absolute Gasteiger partial charge is 0.417 e. The predicted molar refractivity (Wildman–Crippen MR) is 130 cm³/mol. The highest BCUT2D eigenvalue weighted by Gasteiger charge is 2.43. The van der Waals surface area contributed by atoms with Crippen LogP contribution in [-0.4, -0.2) is 66.0 Å². The molecule has 1 aliphatic carbocycles. The maximum Gasteiger partial charge on any atom is 0.417 e. The predicted octanol–water partition coefficient (Wildman–Crippen LogP) is 4.75. The molecule has 2 aliphatic heterocycles. The van der Waals surface area contributed by atoms with Crippen molar-refractivity contribution in [3.63, 3.8) is 0 Å². The van der Waals surface area contributed by atoms with Crippen LogP contribution in [0.5, 0.6) is 5.75 Å². The zero-order valence-electron chi connectivity index (χ0n) is 22.8. The number of likely N-dealkylation sites (tertiary alicyclic amines) is 1. The summed E-state index contributed by atoms with van der Waals surface area (Å²) in [4.78, 5) is 5.85. The van der Waals surface area contributed by atoms with Crippen molar-refractivity contribution in [3.8, 4) is 17.0 Å². The van der Waals surface area contributed by atoms with Crippen LogP contribution in [0.3, 0.4) is 0 Å². The number of anilines is 1. The Kier molecular flexibility index (Phi) is 6.17. The molecule has 0 radical (unpaired) electrons. The van der Waals surface area contributed by atoms with E-state index in [1.165, 1.54) is 13.2 Å². The Balaban J connectivity index is 1.26. The summed E-state index contributed by atoms with van der Waals surface area (Å²) in [5.74, 6) is 1.31. The SMILES string of the molecule is [2H]C([2H])(C1CCOCC1(C)C)N1CC2CC(Nc3nnc(-c4cnccc4C(F)(F)F)cc3OC)CC2C1. The Bertz CT molecular complexity index is 1150. The number of rotatable bonds is 6. The van der Waals surface area contributed by atoms with Gasteiger partial charge in [0.2, 0.25) is 0 Å². The molecule has 2 saturated heterocycles. The maximum absolute atomic E-state index is 13.5. The van der Waals surface area contributed by atoms with Gasteiger partial charge < -0.3 is 19.7 Å². The van der Waals surface area contributed by atoms with Crippen LogP contribution in [0, 0.1) is 23.2 Å².